The van der Waals surface area contributed by atoms with Crippen LogP contribution in [0.1, 0.15) is 38.8 Å². The maximum absolute atomic E-state index is 14.0. The third-order valence-corrected chi connectivity index (χ3v) is 8.92. The minimum atomic E-state index is -0.331. The van der Waals surface area contributed by atoms with E-state index in [1.54, 1.807) is 37.2 Å². The Kier molecular flexibility index (Phi) is 9.10. The summed E-state index contributed by atoms with van der Waals surface area (Å²) in [7, 11) is 5.76. The van der Waals surface area contributed by atoms with Gasteiger partial charge in [-0.15, -0.1) is 0 Å². The van der Waals surface area contributed by atoms with Gasteiger partial charge in [-0.3, -0.25) is 9.59 Å². The quantitative estimate of drug-likeness (QED) is 0.143. The lowest BCUT2D eigenvalue weighted by atomic mass is 9.99. The average molecular weight is 646 g/mol. The molecule has 3 aromatic carbocycles. The van der Waals surface area contributed by atoms with E-state index in [1.807, 2.05) is 61.1 Å². The molecule has 48 heavy (non-hydrogen) atoms. The van der Waals surface area contributed by atoms with Crippen molar-refractivity contribution in [2.75, 3.05) is 50.5 Å². The van der Waals surface area contributed by atoms with Gasteiger partial charge in [-0.05, 0) is 67.9 Å². The van der Waals surface area contributed by atoms with Crippen molar-refractivity contribution in [3.63, 3.8) is 0 Å². The molecule has 0 saturated carbocycles. The maximum atomic E-state index is 14.0. The van der Waals surface area contributed by atoms with Gasteiger partial charge in [0.15, 0.2) is 5.78 Å². The zero-order chi connectivity index (χ0) is 34.1. The Balaban J connectivity index is 1.40. The van der Waals surface area contributed by atoms with Crippen molar-refractivity contribution in [1.29, 1.82) is 0 Å². The zero-order valence-electron chi connectivity index (χ0n) is 28.0. The molecule has 0 bridgehead atoms. The Morgan fingerprint density at radius 2 is 1.71 bits per heavy atom. The highest BCUT2D eigenvalue weighted by atomic mass is 19.1. The number of allylic oxidation sites excluding steroid dienone is 1. The number of para-hydroxylation sites is 1. The lowest BCUT2D eigenvalue weighted by molar-refractivity contribution is 0.0785. The summed E-state index contributed by atoms with van der Waals surface area (Å²) >= 11 is 0. The molecule has 0 aliphatic carbocycles. The summed E-state index contributed by atoms with van der Waals surface area (Å²) in [5.74, 6) is -0.423. The van der Waals surface area contributed by atoms with E-state index in [4.69, 9.17) is 4.98 Å². The van der Waals surface area contributed by atoms with Crippen LogP contribution in [0.2, 0.25) is 0 Å². The number of aromatic nitrogens is 3. The Morgan fingerprint density at radius 1 is 1.00 bits per heavy atom. The summed E-state index contributed by atoms with van der Waals surface area (Å²) in [6.07, 6.45) is 3.51. The number of ketones is 1. The fourth-order valence-electron chi connectivity index (χ4n) is 6.14. The summed E-state index contributed by atoms with van der Waals surface area (Å²) < 4.78 is 15.5. The molecule has 0 spiro atoms. The van der Waals surface area contributed by atoms with Gasteiger partial charge in [0.2, 0.25) is 5.95 Å². The Morgan fingerprint density at radius 3 is 2.42 bits per heavy atom. The Hall–Kier alpha value is -5.35. The molecule has 6 rings (SSSR count). The van der Waals surface area contributed by atoms with Crippen molar-refractivity contribution in [1.82, 2.24) is 24.3 Å². The van der Waals surface area contributed by atoms with Crippen LogP contribution in [0.4, 0.5) is 21.7 Å². The first kappa shape index (κ1) is 32.6. The lowest BCUT2D eigenvalue weighted by Gasteiger charge is -2.35. The summed E-state index contributed by atoms with van der Waals surface area (Å²) in [6, 6.07) is 18.0. The zero-order valence-corrected chi connectivity index (χ0v) is 28.0. The van der Waals surface area contributed by atoms with Crippen LogP contribution in [-0.2, 0) is 13.6 Å². The summed E-state index contributed by atoms with van der Waals surface area (Å²) in [5, 5.41) is 4.30. The van der Waals surface area contributed by atoms with E-state index < -0.39 is 0 Å². The number of carbonyl (C=O) groups excluding carboxylic acids is 2. The number of hydrogen-bond donors (Lipinski definition) is 1. The molecule has 1 N–H and O–H groups in total. The molecule has 1 aliphatic heterocycles. The number of halogens is 1. The van der Waals surface area contributed by atoms with E-state index in [-0.39, 0.29) is 24.1 Å². The van der Waals surface area contributed by atoms with Crippen LogP contribution in [-0.4, -0.2) is 76.3 Å². The van der Waals surface area contributed by atoms with E-state index in [0.717, 1.165) is 59.5 Å². The van der Waals surface area contributed by atoms with Gasteiger partial charge < -0.3 is 24.6 Å². The van der Waals surface area contributed by atoms with Gasteiger partial charge in [0.05, 0.1) is 11.3 Å². The highest BCUT2D eigenvalue weighted by Gasteiger charge is 2.25. The number of likely N-dealkylation sites (N-methyl/N-ethyl adjacent to an activating group) is 1. The molecule has 0 unspecified atom stereocenters. The van der Waals surface area contributed by atoms with Crippen LogP contribution < -0.4 is 10.2 Å². The third-order valence-electron chi connectivity index (χ3n) is 8.92. The fraction of sp³-hybridized carbons (Fsp3) is 0.263. The average Bonchev–Trinajstić information content (AvgIpc) is 3.42. The number of fused-ring (bicyclic) bond motifs is 1. The summed E-state index contributed by atoms with van der Waals surface area (Å²) in [6.45, 7) is 11.4. The van der Waals surface area contributed by atoms with Crippen LogP contribution in [0, 0.1) is 12.7 Å². The largest absolute Gasteiger partial charge is 0.368 e. The van der Waals surface area contributed by atoms with E-state index in [0.29, 0.717) is 34.0 Å². The molecular formula is C38H40FN7O2. The maximum Gasteiger partial charge on any atom is 0.257 e. The molecule has 0 atom stereocenters. The van der Waals surface area contributed by atoms with Crippen LogP contribution in [0.5, 0.6) is 0 Å². The van der Waals surface area contributed by atoms with Gasteiger partial charge >= 0.3 is 0 Å². The Bertz CT molecular complexity index is 2030. The summed E-state index contributed by atoms with van der Waals surface area (Å²) in [5.41, 5.74) is 6.94. The molecule has 2 aromatic heterocycles. The molecule has 0 radical (unpaired) electrons. The lowest BCUT2D eigenvalue weighted by Crippen LogP contribution is -2.45. The number of aryl methyl sites for hydroxylation is 2. The van der Waals surface area contributed by atoms with Crippen LogP contribution >= 0.6 is 0 Å². The van der Waals surface area contributed by atoms with Gasteiger partial charge in [0, 0.05) is 92.6 Å². The molecule has 9 nitrogen and oxygen atoms in total. The fourth-order valence-corrected chi connectivity index (χ4v) is 6.14. The SMILES string of the molecule is C=C(C)C(=O)c1cc(Nc2ncc(C(=O)N(C)Cc3ccc(F)cc3)c(-c3cn(C)c4ccccc34)n2)c(C)cc1N1CCN(C)CC1. The standard InChI is InChI=1S/C38H40FN7O2/c1-24(2)36(47)29-20-32(25(3)19-34(29)46-17-15-43(4)16-18-46)41-38-40-21-30(37(48)45(6)22-26-11-13-27(39)14-12-26)35(42-38)31-23-44(5)33-10-8-7-9-28(31)33/h7-14,19-21,23H,1,15-18,22H2,2-6H3,(H,40,41,42). The number of Topliss-reactive ketones (excluding diaryl/α,β-unsaturated/α-hetero) is 1. The number of nitrogens with zero attached hydrogens (tertiary/aromatic N) is 6. The van der Waals surface area contributed by atoms with Crippen molar-refractivity contribution in [2.45, 2.75) is 20.4 Å². The van der Waals surface area contributed by atoms with Gasteiger partial charge in [-0.1, -0.05) is 36.9 Å². The number of benzene rings is 3. The van der Waals surface area contributed by atoms with E-state index in [9.17, 15) is 14.0 Å². The summed E-state index contributed by atoms with van der Waals surface area (Å²) in [4.78, 5) is 43.0. The number of amides is 1. The molecule has 1 aliphatic rings. The number of carbonyl (C=O) groups is 2. The number of rotatable bonds is 9. The van der Waals surface area contributed by atoms with Crippen LogP contribution in [0.3, 0.4) is 0 Å². The number of anilines is 3. The van der Waals surface area contributed by atoms with Crippen LogP contribution in [0.25, 0.3) is 22.2 Å². The smallest absolute Gasteiger partial charge is 0.257 e. The third kappa shape index (κ3) is 6.57. The topological polar surface area (TPSA) is 86.6 Å². The molecular weight excluding hydrogens is 605 g/mol. The molecule has 1 saturated heterocycles. The molecule has 10 heteroatoms. The molecule has 5 aromatic rings. The van der Waals surface area contributed by atoms with E-state index in [2.05, 4.69) is 33.7 Å². The highest BCUT2D eigenvalue weighted by Crippen LogP contribution is 2.35. The number of nitrogens with one attached hydrogen (secondary N) is 1. The van der Waals surface area contributed by atoms with Crippen molar-refractivity contribution < 1.29 is 14.0 Å². The van der Waals surface area contributed by atoms with Gasteiger partial charge in [0.1, 0.15) is 5.82 Å². The van der Waals surface area contributed by atoms with Gasteiger partial charge in [-0.2, -0.15) is 0 Å². The molecule has 3 heterocycles. The predicted molar refractivity (Wildman–Crippen MR) is 189 cm³/mol. The van der Waals surface area contributed by atoms with Crippen molar-refractivity contribution in [3.05, 3.63) is 113 Å². The second kappa shape index (κ2) is 13.4. The van der Waals surface area contributed by atoms with E-state index >= 15 is 0 Å². The molecule has 1 amide bonds. The van der Waals surface area contributed by atoms with Gasteiger partial charge in [-0.25, -0.2) is 14.4 Å². The minimum absolute atomic E-state index is 0.116. The first-order valence-corrected chi connectivity index (χ1v) is 16.0. The number of piperazine rings is 1. The van der Waals surface area contributed by atoms with Crippen molar-refractivity contribution >= 4 is 39.9 Å². The minimum Gasteiger partial charge on any atom is -0.368 e. The van der Waals surface area contributed by atoms with Crippen molar-refractivity contribution in [3.8, 4) is 11.3 Å². The Labute approximate surface area is 280 Å². The predicted octanol–water partition coefficient (Wildman–Crippen LogP) is 6.61. The molecule has 246 valence electrons. The van der Waals surface area contributed by atoms with Crippen molar-refractivity contribution in [2.24, 2.45) is 7.05 Å². The monoisotopic (exact) mass is 645 g/mol. The van der Waals surface area contributed by atoms with Crippen LogP contribution in [0.15, 0.2) is 85.2 Å². The first-order chi connectivity index (χ1) is 23.0. The second-order valence-electron chi connectivity index (χ2n) is 12.6. The normalized spacial score (nSPS) is 13.5. The van der Waals surface area contributed by atoms with E-state index in [1.165, 1.54) is 12.1 Å². The first-order valence-electron chi connectivity index (χ1n) is 16.0. The van der Waals surface area contributed by atoms with Gasteiger partial charge in [0.25, 0.3) is 5.91 Å². The number of hydrogen-bond acceptors (Lipinski definition) is 7. The molecule has 1 fully saturated rings. The highest BCUT2D eigenvalue weighted by molar-refractivity contribution is 6.12. The second-order valence-corrected chi connectivity index (χ2v) is 12.6.